The Morgan fingerprint density at radius 1 is 0.956 bits per heavy atom. The summed E-state index contributed by atoms with van der Waals surface area (Å²) in [5, 5.41) is 0. The molecule has 4 bridgehead atoms. The third-order valence-corrected chi connectivity index (χ3v) is 11.2. The molecule has 1 unspecified atom stereocenters. The van der Waals surface area contributed by atoms with Crippen molar-refractivity contribution < 1.29 is 13.9 Å². The highest BCUT2D eigenvalue weighted by molar-refractivity contribution is 5.94. The largest absolute Gasteiger partial charge is 0.492 e. The molecule has 0 radical (unpaired) electrons. The molecule has 8 rings (SSSR count). The van der Waals surface area contributed by atoms with Gasteiger partial charge in [-0.1, -0.05) is 12.1 Å². The van der Waals surface area contributed by atoms with Crippen LogP contribution in [0.25, 0.3) is 11.1 Å². The lowest BCUT2D eigenvalue weighted by molar-refractivity contribution is -0.0629. The molecule has 1 amide bonds. The number of carbonyl (C=O) groups is 1. The van der Waals surface area contributed by atoms with Gasteiger partial charge in [-0.25, -0.2) is 4.39 Å². The number of rotatable bonds is 9. The van der Waals surface area contributed by atoms with E-state index in [4.69, 9.17) is 4.74 Å². The van der Waals surface area contributed by atoms with Crippen LogP contribution in [0, 0.1) is 29.0 Å². The molecule has 45 heavy (non-hydrogen) atoms. The van der Waals surface area contributed by atoms with E-state index in [0.717, 1.165) is 72.9 Å². The van der Waals surface area contributed by atoms with Gasteiger partial charge in [0.2, 0.25) is 0 Å². The molecule has 4 saturated carbocycles. The third-order valence-electron chi connectivity index (χ3n) is 11.2. The summed E-state index contributed by atoms with van der Waals surface area (Å²) in [5.74, 6) is 3.32. The average Bonchev–Trinajstić information content (AvgIpc) is 3.04. The monoisotopic (exact) mass is 610 g/mol. The molecule has 5 fully saturated rings. The van der Waals surface area contributed by atoms with E-state index in [1.165, 1.54) is 38.5 Å². The summed E-state index contributed by atoms with van der Waals surface area (Å²) in [4.78, 5) is 24.4. The normalized spacial score (nSPS) is 26.6. The van der Waals surface area contributed by atoms with Crippen molar-refractivity contribution in [2.45, 2.75) is 58.4 Å². The molecule has 1 aromatic heterocycles. The molecule has 2 aromatic carbocycles. The maximum Gasteiger partial charge on any atom is 0.253 e. The zero-order chi connectivity index (χ0) is 31.1. The van der Waals surface area contributed by atoms with Crippen LogP contribution >= 0.6 is 0 Å². The molecular weight excluding hydrogens is 563 g/mol. The number of piperazine rings is 1. The van der Waals surface area contributed by atoms with Crippen molar-refractivity contribution in [3.05, 3.63) is 77.9 Å². The summed E-state index contributed by atoms with van der Waals surface area (Å²) in [5.41, 5.74) is 4.62. The summed E-state index contributed by atoms with van der Waals surface area (Å²) in [6.07, 6.45) is 11.7. The van der Waals surface area contributed by atoms with Gasteiger partial charge in [-0.15, -0.1) is 0 Å². The zero-order valence-electron chi connectivity index (χ0n) is 27.1. The van der Waals surface area contributed by atoms with E-state index < -0.39 is 0 Å². The average molecular weight is 611 g/mol. The fraction of sp³-hybridized carbons (Fsp3) is 0.526. The molecule has 7 heteroatoms. The standard InChI is InChI=1S/C38H47FN4O2/c1-4-45-34-18-32(23-40-24-34)31-7-10-35(36(39)19-31)26(2)42-11-13-43(14-12-42)33-8-5-30(6-9-33)37(44)41(3)25-38-20-27-15-28(21-38)17-29(16-27)22-38/h5-10,18-19,23-24,26-29H,4,11-17,20-22,25H2,1-3H3. The number of hydrogen-bond acceptors (Lipinski definition) is 5. The summed E-state index contributed by atoms with van der Waals surface area (Å²) in [6, 6.07) is 15.6. The zero-order valence-corrected chi connectivity index (χ0v) is 27.1. The molecule has 0 spiro atoms. The number of anilines is 1. The quantitative estimate of drug-likeness (QED) is 0.252. The molecule has 1 aliphatic heterocycles. The van der Waals surface area contributed by atoms with E-state index in [1.807, 2.05) is 49.2 Å². The molecule has 238 valence electrons. The van der Waals surface area contributed by atoms with Crippen molar-refractivity contribution in [1.29, 1.82) is 0 Å². The molecule has 0 N–H and O–H groups in total. The van der Waals surface area contributed by atoms with Gasteiger partial charge in [-0.05, 0) is 118 Å². The van der Waals surface area contributed by atoms with Crippen molar-refractivity contribution in [3.8, 4) is 16.9 Å². The highest BCUT2D eigenvalue weighted by atomic mass is 19.1. The topological polar surface area (TPSA) is 48.9 Å². The summed E-state index contributed by atoms with van der Waals surface area (Å²) in [7, 11) is 2.00. The lowest BCUT2D eigenvalue weighted by atomic mass is 9.49. The second-order valence-electron chi connectivity index (χ2n) is 14.4. The van der Waals surface area contributed by atoms with Gasteiger partial charge in [0.25, 0.3) is 5.91 Å². The Hall–Kier alpha value is -3.45. The second kappa shape index (κ2) is 12.4. The number of carbonyl (C=O) groups excluding carboxylic acids is 1. The van der Waals surface area contributed by atoms with Crippen LogP contribution in [0.2, 0.25) is 0 Å². The Labute approximate surface area is 267 Å². The van der Waals surface area contributed by atoms with Crippen molar-refractivity contribution in [2.75, 3.05) is 51.3 Å². The van der Waals surface area contributed by atoms with Crippen LogP contribution in [-0.4, -0.2) is 67.1 Å². The minimum absolute atomic E-state index is 0.0291. The molecule has 2 heterocycles. The Morgan fingerprint density at radius 3 is 2.24 bits per heavy atom. The first-order chi connectivity index (χ1) is 21.8. The SMILES string of the molecule is CCOc1cncc(-c2ccc(C(C)N3CCN(c4ccc(C(=O)N(C)CC56CC7CC(CC(C7)C5)C6)cc4)CC3)c(F)c2)c1. The first-order valence-electron chi connectivity index (χ1n) is 17.0. The fourth-order valence-corrected chi connectivity index (χ4v) is 9.53. The number of amides is 1. The Balaban J connectivity index is 0.937. The van der Waals surface area contributed by atoms with E-state index in [0.29, 0.717) is 23.3 Å². The maximum atomic E-state index is 15.4. The lowest BCUT2D eigenvalue weighted by Gasteiger charge is -2.57. The molecule has 1 atom stereocenters. The van der Waals surface area contributed by atoms with Crippen molar-refractivity contribution in [2.24, 2.45) is 23.2 Å². The molecule has 3 aromatic rings. The highest BCUT2D eigenvalue weighted by Crippen LogP contribution is 2.60. The van der Waals surface area contributed by atoms with E-state index in [9.17, 15) is 4.79 Å². The number of nitrogens with zero attached hydrogens (tertiary/aromatic N) is 4. The molecular formula is C38H47FN4O2. The van der Waals surface area contributed by atoms with Crippen LogP contribution in [0.5, 0.6) is 5.75 Å². The van der Waals surface area contributed by atoms with Gasteiger partial charge in [-0.3, -0.25) is 14.7 Å². The Morgan fingerprint density at radius 2 is 1.62 bits per heavy atom. The summed E-state index contributed by atoms with van der Waals surface area (Å²) < 4.78 is 20.9. The van der Waals surface area contributed by atoms with E-state index in [-0.39, 0.29) is 17.8 Å². The van der Waals surface area contributed by atoms with Crippen LogP contribution < -0.4 is 9.64 Å². The smallest absolute Gasteiger partial charge is 0.253 e. The van der Waals surface area contributed by atoms with Crippen LogP contribution in [-0.2, 0) is 0 Å². The second-order valence-corrected chi connectivity index (χ2v) is 14.4. The van der Waals surface area contributed by atoms with Gasteiger partial charge in [0.05, 0.1) is 12.8 Å². The Kier molecular flexibility index (Phi) is 8.32. The molecule has 4 aliphatic carbocycles. The maximum absolute atomic E-state index is 15.4. The van der Waals surface area contributed by atoms with Gasteiger partial charge in [0.15, 0.2) is 0 Å². The van der Waals surface area contributed by atoms with E-state index in [2.05, 4.69) is 33.8 Å². The van der Waals surface area contributed by atoms with Gasteiger partial charge in [0, 0.05) is 74.4 Å². The van der Waals surface area contributed by atoms with E-state index >= 15 is 4.39 Å². The van der Waals surface area contributed by atoms with E-state index in [1.54, 1.807) is 18.5 Å². The van der Waals surface area contributed by atoms with Gasteiger partial charge in [-0.2, -0.15) is 0 Å². The molecule has 1 saturated heterocycles. The first-order valence-corrected chi connectivity index (χ1v) is 17.0. The first kappa shape index (κ1) is 30.2. The number of hydrogen-bond donors (Lipinski definition) is 0. The predicted octanol–water partition coefficient (Wildman–Crippen LogP) is 7.46. The van der Waals surface area contributed by atoms with Crippen LogP contribution in [0.4, 0.5) is 10.1 Å². The van der Waals surface area contributed by atoms with Crippen LogP contribution in [0.15, 0.2) is 60.9 Å². The van der Waals surface area contributed by atoms with Crippen LogP contribution in [0.1, 0.15) is 74.3 Å². The summed E-state index contributed by atoms with van der Waals surface area (Å²) >= 11 is 0. The minimum atomic E-state index is -0.197. The fourth-order valence-electron chi connectivity index (χ4n) is 9.53. The predicted molar refractivity (Wildman–Crippen MR) is 177 cm³/mol. The van der Waals surface area contributed by atoms with Gasteiger partial charge < -0.3 is 14.5 Å². The molecule has 5 aliphatic rings. The number of halogens is 1. The third kappa shape index (κ3) is 6.20. The number of benzene rings is 2. The Bertz CT molecular complexity index is 1480. The van der Waals surface area contributed by atoms with Crippen molar-refractivity contribution in [1.82, 2.24) is 14.8 Å². The van der Waals surface area contributed by atoms with Gasteiger partial charge >= 0.3 is 0 Å². The minimum Gasteiger partial charge on any atom is -0.492 e. The molecule has 6 nitrogen and oxygen atoms in total. The van der Waals surface area contributed by atoms with Crippen molar-refractivity contribution >= 4 is 11.6 Å². The number of aromatic nitrogens is 1. The van der Waals surface area contributed by atoms with Crippen molar-refractivity contribution in [3.63, 3.8) is 0 Å². The number of pyridine rings is 1. The van der Waals surface area contributed by atoms with Crippen LogP contribution in [0.3, 0.4) is 0 Å². The lowest BCUT2D eigenvalue weighted by Crippen LogP contribution is -2.51. The van der Waals surface area contributed by atoms with Gasteiger partial charge in [0.1, 0.15) is 11.6 Å². The number of ether oxygens (including phenoxy) is 1. The summed E-state index contributed by atoms with van der Waals surface area (Å²) in [6.45, 7) is 8.90. The highest BCUT2D eigenvalue weighted by Gasteiger charge is 2.51.